The Hall–Kier alpha value is -1.08. The van der Waals surface area contributed by atoms with Gasteiger partial charge in [-0.25, -0.2) is 13.4 Å². The summed E-state index contributed by atoms with van der Waals surface area (Å²) in [6.45, 7) is 4.90. The van der Waals surface area contributed by atoms with Gasteiger partial charge in [0.15, 0.2) is 0 Å². The summed E-state index contributed by atoms with van der Waals surface area (Å²) in [6, 6.07) is 0. The van der Waals surface area contributed by atoms with Gasteiger partial charge >= 0.3 is 0 Å². The fraction of sp³-hybridized carbons (Fsp3) is 0.750. The maximum Gasteiger partial charge on any atom is 0.202 e. The molecule has 1 aromatic rings. The molecule has 0 unspecified atom stereocenters. The Balaban J connectivity index is 2.28. The summed E-state index contributed by atoms with van der Waals surface area (Å²) >= 11 is 0. The number of ether oxygens (including phenoxy) is 1. The van der Waals surface area contributed by atoms with Crippen molar-refractivity contribution < 1.29 is 13.2 Å². The molecule has 1 N–H and O–H groups in total. The van der Waals surface area contributed by atoms with E-state index in [9.17, 15) is 8.42 Å². The van der Waals surface area contributed by atoms with Crippen molar-refractivity contribution in [1.82, 2.24) is 9.55 Å². The van der Waals surface area contributed by atoms with Crippen LogP contribution in [-0.4, -0.2) is 49.7 Å². The van der Waals surface area contributed by atoms with Crippen molar-refractivity contribution in [3.8, 4) is 0 Å². The fourth-order valence-corrected chi connectivity index (χ4v) is 2.34. The monoisotopic (exact) mass is 289 g/mol. The standard InChI is InChI=1S/C12H23N3O3S/c1-3-18-10-5-8-15-9-7-14-12(15)13-6-4-11-19(2,16)17/h7,9H,3-6,8,10-11H2,1-2H3,(H,13,14). The van der Waals surface area contributed by atoms with Gasteiger partial charge in [-0.15, -0.1) is 0 Å². The van der Waals surface area contributed by atoms with E-state index >= 15 is 0 Å². The largest absolute Gasteiger partial charge is 0.382 e. The Kier molecular flexibility index (Phi) is 6.86. The molecule has 6 nitrogen and oxygen atoms in total. The number of hydrogen-bond acceptors (Lipinski definition) is 5. The Morgan fingerprint density at radius 2 is 2.21 bits per heavy atom. The Morgan fingerprint density at radius 3 is 2.89 bits per heavy atom. The average molecular weight is 289 g/mol. The summed E-state index contributed by atoms with van der Waals surface area (Å²) in [4.78, 5) is 4.21. The van der Waals surface area contributed by atoms with Crippen LogP contribution in [0.4, 0.5) is 5.95 Å². The van der Waals surface area contributed by atoms with Gasteiger partial charge in [0, 0.05) is 45.0 Å². The molecule has 0 aliphatic rings. The van der Waals surface area contributed by atoms with Gasteiger partial charge in [-0.1, -0.05) is 0 Å². The number of rotatable bonds is 10. The van der Waals surface area contributed by atoms with Crippen LogP contribution in [0.1, 0.15) is 19.8 Å². The lowest BCUT2D eigenvalue weighted by Crippen LogP contribution is -2.13. The molecule has 19 heavy (non-hydrogen) atoms. The van der Waals surface area contributed by atoms with Crippen molar-refractivity contribution in [2.75, 3.05) is 37.1 Å². The van der Waals surface area contributed by atoms with Gasteiger partial charge in [0.1, 0.15) is 9.84 Å². The van der Waals surface area contributed by atoms with Crippen molar-refractivity contribution in [3.05, 3.63) is 12.4 Å². The van der Waals surface area contributed by atoms with E-state index in [4.69, 9.17) is 4.74 Å². The molecule has 1 heterocycles. The highest BCUT2D eigenvalue weighted by molar-refractivity contribution is 7.90. The summed E-state index contributed by atoms with van der Waals surface area (Å²) in [5.41, 5.74) is 0. The summed E-state index contributed by atoms with van der Waals surface area (Å²) in [7, 11) is -2.88. The van der Waals surface area contributed by atoms with Gasteiger partial charge in [0.25, 0.3) is 0 Å². The number of hydrogen-bond donors (Lipinski definition) is 1. The van der Waals surface area contributed by atoms with Gasteiger partial charge in [0.2, 0.25) is 5.95 Å². The van der Waals surface area contributed by atoms with Crippen LogP contribution in [0.3, 0.4) is 0 Å². The molecule has 0 radical (unpaired) electrons. The van der Waals surface area contributed by atoms with E-state index in [1.54, 1.807) is 6.20 Å². The van der Waals surface area contributed by atoms with Crippen molar-refractivity contribution in [1.29, 1.82) is 0 Å². The van der Waals surface area contributed by atoms with Gasteiger partial charge in [-0.05, 0) is 19.8 Å². The number of nitrogens with zero attached hydrogens (tertiary/aromatic N) is 2. The molecule has 0 saturated carbocycles. The van der Waals surface area contributed by atoms with Gasteiger partial charge in [-0.3, -0.25) is 0 Å². The predicted octanol–water partition coefficient (Wildman–Crippen LogP) is 1.16. The first-order chi connectivity index (χ1) is 9.03. The van der Waals surface area contributed by atoms with Crippen LogP contribution in [0, 0.1) is 0 Å². The van der Waals surface area contributed by atoms with Gasteiger partial charge in [0.05, 0.1) is 5.75 Å². The minimum Gasteiger partial charge on any atom is -0.382 e. The number of aryl methyl sites for hydroxylation is 1. The summed E-state index contributed by atoms with van der Waals surface area (Å²) < 4.78 is 29.3. The van der Waals surface area contributed by atoms with Crippen molar-refractivity contribution in [2.45, 2.75) is 26.3 Å². The van der Waals surface area contributed by atoms with Crippen LogP contribution in [0.2, 0.25) is 0 Å². The van der Waals surface area contributed by atoms with Gasteiger partial charge in [-0.2, -0.15) is 0 Å². The number of aromatic nitrogens is 2. The second kappa shape index (κ2) is 8.16. The maximum absolute atomic E-state index is 11.0. The third-order valence-corrected chi connectivity index (χ3v) is 3.61. The number of sulfone groups is 1. The van der Waals surface area contributed by atoms with E-state index < -0.39 is 9.84 Å². The third kappa shape index (κ3) is 7.17. The first-order valence-corrected chi connectivity index (χ1v) is 8.59. The molecular formula is C12H23N3O3S. The fourth-order valence-electron chi connectivity index (χ4n) is 1.67. The van der Waals surface area contributed by atoms with E-state index in [1.165, 1.54) is 6.26 Å². The summed E-state index contributed by atoms with van der Waals surface area (Å²) in [5.74, 6) is 0.982. The molecule has 0 saturated heterocycles. The SMILES string of the molecule is CCOCCCn1ccnc1NCCCS(C)(=O)=O. The quantitative estimate of drug-likeness (QED) is 0.654. The number of imidazole rings is 1. The minimum atomic E-state index is -2.88. The average Bonchev–Trinajstić information content (AvgIpc) is 2.77. The van der Waals surface area contributed by atoms with Gasteiger partial charge < -0.3 is 14.6 Å². The summed E-state index contributed by atoms with van der Waals surface area (Å²) in [5, 5.41) is 3.15. The molecule has 7 heteroatoms. The third-order valence-electron chi connectivity index (χ3n) is 2.58. The lowest BCUT2D eigenvalue weighted by atomic mass is 10.4. The van der Waals surface area contributed by atoms with Crippen molar-refractivity contribution in [2.24, 2.45) is 0 Å². The van der Waals surface area contributed by atoms with Crippen LogP contribution in [0.15, 0.2) is 12.4 Å². The molecule has 0 spiro atoms. The van der Waals surface area contributed by atoms with E-state index in [0.29, 0.717) is 13.0 Å². The minimum absolute atomic E-state index is 0.199. The molecule has 0 fully saturated rings. The van der Waals surface area contributed by atoms with E-state index in [-0.39, 0.29) is 5.75 Å². The molecule has 0 aromatic carbocycles. The highest BCUT2D eigenvalue weighted by Crippen LogP contribution is 2.05. The van der Waals surface area contributed by atoms with Crippen LogP contribution in [0.5, 0.6) is 0 Å². The Bertz CT molecular complexity index is 457. The van der Waals surface area contributed by atoms with E-state index in [0.717, 1.165) is 32.1 Å². The smallest absolute Gasteiger partial charge is 0.202 e. The highest BCUT2D eigenvalue weighted by atomic mass is 32.2. The second-order valence-corrected chi connectivity index (χ2v) is 6.66. The molecule has 0 amide bonds. The van der Waals surface area contributed by atoms with E-state index in [2.05, 4.69) is 10.3 Å². The summed E-state index contributed by atoms with van der Waals surface area (Å²) in [6.07, 6.45) is 6.42. The Labute approximate surface area is 115 Å². The zero-order chi connectivity index (χ0) is 14.1. The first kappa shape index (κ1) is 16.0. The second-order valence-electron chi connectivity index (χ2n) is 4.40. The highest BCUT2D eigenvalue weighted by Gasteiger charge is 2.04. The molecule has 1 aromatic heterocycles. The zero-order valence-electron chi connectivity index (χ0n) is 11.6. The lowest BCUT2D eigenvalue weighted by Gasteiger charge is -2.09. The molecule has 0 aliphatic heterocycles. The topological polar surface area (TPSA) is 73.2 Å². The molecule has 0 atom stereocenters. The Morgan fingerprint density at radius 1 is 1.42 bits per heavy atom. The van der Waals surface area contributed by atoms with Crippen LogP contribution in [0.25, 0.3) is 0 Å². The van der Waals surface area contributed by atoms with Crippen molar-refractivity contribution >= 4 is 15.8 Å². The number of nitrogens with one attached hydrogen (secondary N) is 1. The van der Waals surface area contributed by atoms with Crippen molar-refractivity contribution in [3.63, 3.8) is 0 Å². The van der Waals surface area contributed by atoms with Crippen LogP contribution >= 0.6 is 0 Å². The predicted molar refractivity (Wildman–Crippen MR) is 76.2 cm³/mol. The number of anilines is 1. The van der Waals surface area contributed by atoms with Crippen LogP contribution < -0.4 is 5.32 Å². The molecule has 1 rings (SSSR count). The molecule has 110 valence electrons. The van der Waals surface area contributed by atoms with E-state index in [1.807, 2.05) is 17.7 Å². The first-order valence-electron chi connectivity index (χ1n) is 6.53. The molecular weight excluding hydrogens is 266 g/mol. The van der Waals surface area contributed by atoms with Crippen LogP contribution in [-0.2, 0) is 21.1 Å². The molecule has 0 bridgehead atoms. The molecule has 0 aliphatic carbocycles. The maximum atomic E-state index is 11.0. The lowest BCUT2D eigenvalue weighted by molar-refractivity contribution is 0.142. The normalized spacial score (nSPS) is 11.7. The zero-order valence-corrected chi connectivity index (χ0v) is 12.4.